The third-order valence-electron chi connectivity index (χ3n) is 6.84. The Morgan fingerprint density at radius 2 is 1.59 bits per heavy atom. The first-order valence-corrected chi connectivity index (χ1v) is 10.8. The molecule has 1 aromatic rings. The summed E-state index contributed by atoms with van der Waals surface area (Å²) in [5, 5.41) is 3.27. The van der Waals surface area contributed by atoms with Crippen molar-refractivity contribution in [2.45, 2.75) is 83.2 Å². The monoisotopic (exact) mass is 368 g/mol. The minimum absolute atomic E-state index is 0.0670. The maximum atomic E-state index is 13.2. The van der Waals surface area contributed by atoms with E-state index < -0.39 is 0 Å². The molecule has 0 aromatic heterocycles. The zero-order valence-corrected chi connectivity index (χ0v) is 16.5. The molecule has 1 aliphatic heterocycles. The largest absolute Gasteiger partial charge is 0.353 e. The van der Waals surface area contributed by atoms with Gasteiger partial charge >= 0.3 is 0 Å². The Morgan fingerprint density at radius 1 is 0.926 bits per heavy atom. The van der Waals surface area contributed by atoms with Crippen molar-refractivity contribution < 1.29 is 9.59 Å². The van der Waals surface area contributed by atoms with Crippen LogP contribution in [0.25, 0.3) is 0 Å². The predicted molar refractivity (Wildman–Crippen MR) is 108 cm³/mol. The van der Waals surface area contributed by atoms with Crippen molar-refractivity contribution in [2.24, 2.45) is 11.8 Å². The summed E-state index contributed by atoms with van der Waals surface area (Å²) in [7, 11) is 0. The zero-order valence-electron chi connectivity index (χ0n) is 16.5. The SMILES string of the molecule is CC1Cc2ccccc2N1C(=O)C1CCC(C(=O)NC2CCCCC2)CC1. The van der Waals surface area contributed by atoms with Gasteiger partial charge in [0.25, 0.3) is 0 Å². The molecule has 1 unspecified atom stereocenters. The molecular weight excluding hydrogens is 336 g/mol. The summed E-state index contributed by atoms with van der Waals surface area (Å²) in [5.74, 6) is 0.655. The van der Waals surface area contributed by atoms with Crippen LogP contribution in [-0.4, -0.2) is 23.9 Å². The van der Waals surface area contributed by atoms with E-state index in [1.165, 1.54) is 24.8 Å². The van der Waals surface area contributed by atoms with Gasteiger partial charge in [0.15, 0.2) is 0 Å². The summed E-state index contributed by atoms with van der Waals surface area (Å²) in [4.78, 5) is 27.8. The van der Waals surface area contributed by atoms with Crippen LogP contribution in [0.1, 0.15) is 70.3 Å². The van der Waals surface area contributed by atoms with Crippen LogP contribution >= 0.6 is 0 Å². The van der Waals surface area contributed by atoms with E-state index >= 15 is 0 Å². The molecule has 1 heterocycles. The summed E-state index contributed by atoms with van der Waals surface area (Å²) >= 11 is 0. The standard InChI is InChI=1S/C23H32N2O2/c1-16-15-19-7-5-6-10-21(19)25(16)23(27)18-13-11-17(12-14-18)22(26)24-20-8-3-2-4-9-20/h5-7,10,16-18,20H,2-4,8-9,11-15H2,1H3,(H,24,26). The van der Waals surface area contributed by atoms with E-state index in [1.807, 2.05) is 11.0 Å². The van der Waals surface area contributed by atoms with Gasteiger partial charge in [-0.1, -0.05) is 37.5 Å². The Labute approximate surface area is 162 Å². The number of amides is 2. The van der Waals surface area contributed by atoms with E-state index in [0.29, 0.717) is 6.04 Å². The maximum Gasteiger partial charge on any atom is 0.230 e. The molecule has 1 aromatic carbocycles. The second-order valence-electron chi connectivity index (χ2n) is 8.78. The van der Waals surface area contributed by atoms with Gasteiger partial charge in [-0.25, -0.2) is 0 Å². The molecule has 4 rings (SSSR count). The second-order valence-corrected chi connectivity index (χ2v) is 8.78. The molecular formula is C23H32N2O2. The quantitative estimate of drug-likeness (QED) is 0.868. The van der Waals surface area contributed by atoms with Crippen molar-refractivity contribution in [1.82, 2.24) is 5.32 Å². The number of carbonyl (C=O) groups excluding carboxylic acids is 2. The molecule has 4 heteroatoms. The number of hydrogen-bond acceptors (Lipinski definition) is 2. The zero-order chi connectivity index (χ0) is 18.8. The van der Waals surface area contributed by atoms with Crippen molar-refractivity contribution in [3.8, 4) is 0 Å². The summed E-state index contributed by atoms with van der Waals surface area (Å²) in [6, 6.07) is 8.89. The van der Waals surface area contributed by atoms with Crippen LogP contribution in [-0.2, 0) is 16.0 Å². The topological polar surface area (TPSA) is 49.4 Å². The number of rotatable bonds is 3. The van der Waals surface area contributed by atoms with Gasteiger partial charge in [-0.05, 0) is 63.5 Å². The Morgan fingerprint density at radius 3 is 2.33 bits per heavy atom. The number of hydrogen-bond donors (Lipinski definition) is 1. The third kappa shape index (κ3) is 3.90. The molecule has 1 atom stereocenters. The van der Waals surface area contributed by atoms with Crippen LogP contribution in [0.2, 0.25) is 0 Å². The molecule has 0 radical (unpaired) electrons. The van der Waals surface area contributed by atoms with E-state index in [0.717, 1.165) is 50.6 Å². The van der Waals surface area contributed by atoms with Crippen LogP contribution < -0.4 is 10.2 Å². The fourth-order valence-corrected chi connectivity index (χ4v) is 5.27. The van der Waals surface area contributed by atoms with E-state index in [2.05, 4.69) is 30.4 Å². The molecule has 2 saturated carbocycles. The van der Waals surface area contributed by atoms with Gasteiger partial charge in [0.1, 0.15) is 0 Å². The lowest BCUT2D eigenvalue weighted by Gasteiger charge is -2.33. The Balaban J connectivity index is 1.32. The third-order valence-corrected chi connectivity index (χ3v) is 6.84. The number of nitrogens with one attached hydrogen (secondary N) is 1. The normalized spacial score (nSPS) is 28.6. The maximum absolute atomic E-state index is 13.2. The van der Waals surface area contributed by atoms with Gasteiger partial charge in [-0.3, -0.25) is 9.59 Å². The summed E-state index contributed by atoms with van der Waals surface area (Å²) in [6.45, 7) is 2.14. The molecule has 0 saturated heterocycles. The fraction of sp³-hybridized carbons (Fsp3) is 0.652. The highest BCUT2D eigenvalue weighted by molar-refractivity contribution is 5.97. The van der Waals surface area contributed by atoms with Crippen LogP contribution in [0.3, 0.4) is 0 Å². The van der Waals surface area contributed by atoms with Crippen molar-refractivity contribution in [2.75, 3.05) is 4.90 Å². The molecule has 0 bridgehead atoms. The number of anilines is 1. The summed E-state index contributed by atoms with van der Waals surface area (Å²) in [6.07, 6.45) is 10.4. The average molecular weight is 369 g/mol. The highest BCUT2D eigenvalue weighted by atomic mass is 16.2. The van der Waals surface area contributed by atoms with Gasteiger partial charge in [-0.2, -0.15) is 0 Å². The molecule has 3 aliphatic rings. The Hall–Kier alpha value is -1.84. The first kappa shape index (κ1) is 18.5. The molecule has 146 valence electrons. The molecule has 0 spiro atoms. The smallest absolute Gasteiger partial charge is 0.230 e. The molecule has 27 heavy (non-hydrogen) atoms. The number of nitrogens with zero attached hydrogens (tertiary/aromatic N) is 1. The number of benzene rings is 1. The molecule has 2 fully saturated rings. The lowest BCUT2D eigenvalue weighted by molar-refractivity contribution is -0.130. The minimum Gasteiger partial charge on any atom is -0.353 e. The fourth-order valence-electron chi connectivity index (χ4n) is 5.27. The van der Waals surface area contributed by atoms with Gasteiger partial charge < -0.3 is 10.2 Å². The molecule has 4 nitrogen and oxygen atoms in total. The Kier molecular flexibility index (Phi) is 5.51. The first-order chi connectivity index (χ1) is 13.1. The van der Waals surface area contributed by atoms with Crippen LogP contribution in [0.5, 0.6) is 0 Å². The van der Waals surface area contributed by atoms with E-state index in [4.69, 9.17) is 0 Å². The first-order valence-electron chi connectivity index (χ1n) is 10.8. The van der Waals surface area contributed by atoms with Crippen molar-refractivity contribution in [3.05, 3.63) is 29.8 Å². The van der Waals surface area contributed by atoms with Crippen molar-refractivity contribution >= 4 is 17.5 Å². The molecule has 1 N–H and O–H groups in total. The van der Waals surface area contributed by atoms with E-state index in [1.54, 1.807) is 0 Å². The second kappa shape index (κ2) is 8.04. The van der Waals surface area contributed by atoms with Crippen LogP contribution in [0, 0.1) is 11.8 Å². The summed E-state index contributed by atoms with van der Waals surface area (Å²) in [5.41, 5.74) is 2.37. The lowest BCUT2D eigenvalue weighted by atomic mass is 9.80. The Bertz CT molecular complexity index is 687. The van der Waals surface area contributed by atoms with Crippen molar-refractivity contribution in [3.63, 3.8) is 0 Å². The van der Waals surface area contributed by atoms with Gasteiger partial charge in [-0.15, -0.1) is 0 Å². The molecule has 2 amide bonds. The average Bonchev–Trinajstić information content (AvgIpc) is 3.04. The van der Waals surface area contributed by atoms with Gasteiger partial charge in [0, 0.05) is 29.6 Å². The number of carbonyl (C=O) groups is 2. The number of fused-ring (bicyclic) bond motifs is 1. The van der Waals surface area contributed by atoms with Gasteiger partial charge in [0.2, 0.25) is 11.8 Å². The van der Waals surface area contributed by atoms with E-state index in [9.17, 15) is 9.59 Å². The summed E-state index contributed by atoms with van der Waals surface area (Å²) < 4.78 is 0. The van der Waals surface area contributed by atoms with Crippen LogP contribution in [0.15, 0.2) is 24.3 Å². The highest BCUT2D eigenvalue weighted by Crippen LogP contribution is 2.37. The molecule has 2 aliphatic carbocycles. The van der Waals surface area contributed by atoms with Gasteiger partial charge in [0.05, 0.1) is 0 Å². The lowest BCUT2D eigenvalue weighted by Crippen LogP contribution is -2.44. The van der Waals surface area contributed by atoms with Crippen molar-refractivity contribution in [1.29, 1.82) is 0 Å². The van der Waals surface area contributed by atoms with Crippen LogP contribution in [0.4, 0.5) is 5.69 Å². The van der Waals surface area contributed by atoms with E-state index in [-0.39, 0.29) is 29.7 Å². The predicted octanol–water partition coefficient (Wildman–Crippen LogP) is 4.22. The highest BCUT2D eigenvalue weighted by Gasteiger charge is 2.37. The minimum atomic E-state index is 0.0670. The number of para-hydroxylation sites is 1.